The van der Waals surface area contributed by atoms with Gasteiger partial charge in [-0.25, -0.2) is 4.39 Å². The standard InChI is InChI=1S/C26H31FN2O/c1-18-8-7-12-24(19(18)2)28-26(30)15-14-20-16-29(25-13-6-4-10-22(20)25)17-21-9-3-5-11-23(21)27/h3-6,9-11,13,16,18-19,24H,7-8,12,14-15,17H2,1-2H3,(H,28,30). The van der Waals surface area contributed by atoms with Gasteiger partial charge in [0.25, 0.3) is 0 Å². The number of benzene rings is 2. The third-order valence-corrected chi connectivity index (χ3v) is 6.84. The number of rotatable bonds is 6. The molecule has 158 valence electrons. The maximum atomic E-state index is 14.2. The number of nitrogens with one attached hydrogen (secondary N) is 1. The SMILES string of the molecule is CC1CCCC(NC(=O)CCc2cn(Cc3ccccc3F)c3ccccc23)C1C. The Kier molecular flexibility index (Phi) is 6.21. The van der Waals surface area contributed by atoms with Crippen molar-refractivity contribution in [2.45, 2.75) is 58.5 Å². The van der Waals surface area contributed by atoms with Gasteiger partial charge in [0.1, 0.15) is 5.82 Å². The molecule has 1 N–H and O–H groups in total. The fraction of sp³-hybridized carbons (Fsp3) is 0.423. The van der Waals surface area contributed by atoms with Crippen molar-refractivity contribution in [1.29, 1.82) is 0 Å². The van der Waals surface area contributed by atoms with Crippen LogP contribution in [0.15, 0.2) is 54.7 Å². The van der Waals surface area contributed by atoms with Gasteiger partial charge >= 0.3 is 0 Å². The molecule has 3 nitrogen and oxygen atoms in total. The van der Waals surface area contributed by atoms with Gasteiger partial charge in [-0.05, 0) is 42.4 Å². The summed E-state index contributed by atoms with van der Waals surface area (Å²) in [6.45, 7) is 5.02. The number of carbonyl (C=O) groups is 1. The predicted molar refractivity (Wildman–Crippen MR) is 120 cm³/mol. The van der Waals surface area contributed by atoms with E-state index in [1.807, 2.05) is 24.3 Å². The number of nitrogens with zero attached hydrogens (tertiary/aromatic N) is 1. The van der Waals surface area contributed by atoms with Gasteiger partial charge in [0.15, 0.2) is 0 Å². The Bertz CT molecular complexity index is 1020. The lowest BCUT2D eigenvalue weighted by Gasteiger charge is -2.34. The number of carbonyl (C=O) groups excluding carboxylic acids is 1. The van der Waals surface area contributed by atoms with Gasteiger partial charge in [0.05, 0.1) is 6.54 Å². The fourth-order valence-electron chi connectivity index (χ4n) is 4.78. The average Bonchev–Trinajstić information content (AvgIpc) is 3.09. The molecule has 1 amide bonds. The molecule has 1 heterocycles. The Morgan fingerprint density at radius 2 is 1.83 bits per heavy atom. The van der Waals surface area contributed by atoms with E-state index >= 15 is 0 Å². The van der Waals surface area contributed by atoms with Crippen molar-refractivity contribution in [3.8, 4) is 0 Å². The van der Waals surface area contributed by atoms with Crippen LogP contribution in [0.2, 0.25) is 0 Å². The van der Waals surface area contributed by atoms with Gasteiger partial charge in [0, 0.05) is 35.1 Å². The Morgan fingerprint density at radius 1 is 1.07 bits per heavy atom. The van der Waals surface area contributed by atoms with Gasteiger partial charge in [0.2, 0.25) is 5.91 Å². The summed E-state index contributed by atoms with van der Waals surface area (Å²) in [6.07, 6.45) is 6.78. The molecule has 0 spiro atoms. The first-order chi connectivity index (χ1) is 14.5. The van der Waals surface area contributed by atoms with E-state index in [-0.39, 0.29) is 11.7 Å². The summed E-state index contributed by atoms with van der Waals surface area (Å²) < 4.78 is 16.2. The molecule has 0 saturated heterocycles. The van der Waals surface area contributed by atoms with Gasteiger partial charge in [-0.2, -0.15) is 0 Å². The summed E-state index contributed by atoms with van der Waals surface area (Å²) in [5.41, 5.74) is 2.89. The maximum absolute atomic E-state index is 14.2. The van der Waals surface area contributed by atoms with Crippen molar-refractivity contribution in [3.63, 3.8) is 0 Å². The number of halogens is 1. The topological polar surface area (TPSA) is 34.0 Å². The first-order valence-corrected chi connectivity index (χ1v) is 11.1. The minimum Gasteiger partial charge on any atom is -0.353 e. The fourth-order valence-corrected chi connectivity index (χ4v) is 4.78. The van der Waals surface area contributed by atoms with Crippen molar-refractivity contribution < 1.29 is 9.18 Å². The Hall–Kier alpha value is -2.62. The number of aromatic nitrogens is 1. The second-order valence-electron chi connectivity index (χ2n) is 8.83. The highest BCUT2D eigenvalue weighted by Gasteiger charge is 2.28. The number of hydrogen-bond acceptors (Lipinski definition) is 1. The molecular weight excluding hydrogens is 375 g/mol. The second-order valence-corrected chi connectivity index (χ2v) is 8.83. The maximum Gasteiger partial charge on any atom is 0.220 e. The average molecular weight is 407 g/mol. The molecule has 4 rings (SSSR count). The van der Waals surface area contributed by atoms with Crippen LogP contribution in [0.1, 0.15) is 50.7 Å². The molecular formula is C26H31FN2O. The van der Waals surface area contributed by atoms with Gasteiger partial charge in [-0.15, -0.1) is 0 Å². The lowest BCUT2D eigenvalue weighted by molar-refractivity contribution is -0.122. The summed E-state index contributed by atoms with van der Waals surface area (Å²) >= 11 is 0. The molecule has 0 radical (unpaired) electrons. The van der Waals surface area contributed by atoms with Crippen LogP contribution in [0.25, 0.3) is 10.9 Å². The smallest absolute Gasteiger partial charge is 0.220 e. The molecule has 1 fully saturated rings. The Morgan fingerprint density at radius 3 is 2.67 bits per heavy atom. The van der Waals surface area contributed by atoms with Crippen LogP contribution < -0.4 is 5.32 Å². The van der Waals surface area contributed by atoms with E-state index < -0.39 is 0 Å². The minimum atomic E-state index is -0.188. The molecule has 4 heteroatoms. The van der Waals surface area contributed by atoms with Crippen molar-refractivity contribution in [1.82, 2.24) is 9.88 Å². The number of para-hydroxylation sites is 1. The van der Waals surface area contributed by atoms with Crippen molar-refractivity contribution in [2.75, 3.05) is 0 Å². The van der Waals surface area contributed by atoms with Crippen LogP contribution in [0.4, 0.5) is 4.39 Å². The zero-order chi connectivity index (χ0) is 21.1. The molecule has 1 aliphatic rings. The Labute approximate surface area is 178 Å². The number of amides is 1. The van der Waals surface area contributed by atoms with Crippen molar-refractivity contribution >= 4 is 16.8 Å². The molecule has 1 saturated carbocycles. The summed E-state index contributed by atoms with van der Waals surface area (Å²) in [5.74, 6) is 1.14. The predicted octanol–water partition coefficient (Wildman–Crippen LogP) is 5.70. The van der Waals surface area contributed by atoms with Crippen LogP contribution in [-0.4, -0.2) is 16.5 Å². The van der Waals surface area contributed by atoms with E-state index in [1.54, 1.807) is 6.07 Å². The third kappa shape index (κ3) is 4.43. The highest BCUT2D eigenvalue weighted by atomic mass is 19.1. The Balaban J connectivity index is 1.47. The van der Waals surface area contributed by atoms with E-state index in [0.29, 0.717) is 42.8 Å². The third-order valence-electron chi connectivity index (χ3n) is 6.84. The summed E-state index contributed by atoms with van der Waals surface area (Å²) in [5, 5.41) is 4.42. The zero-order valence-corrected chi connectivity index (χ0v) is 17.9. The molecule has 0 aliphatic heterocycles. The van der Waals surface area contributed by atoms with Crippen LogP contribution in [0.5, 0.6) is 0 Å². The molecule has 3 aromatic rings. The molecule has 3 atom stereocenters. The summed E-state index contributed by atoms with van der Waals surface area (Å²) in [7, 11) is 0. The molecule has 0 bridgehead atoms. The summed E-state index contributed by atoms with van der Waals surface area (Å²) in [6, 6.07) is 15.4. The van der Waals surface area contributed by atoms with Gasteiger partial charge < -0.3 is 9.88 Å². The number of aryl methyl sites for hydroxylation is 1. The molecule has 1 aliphatic carbocycles. The van der Waals surface area contributed by atoms with Crippen LogP contribution in [-0.2, 0) is 17.8 Å². The van der Waals surface area contributed by atoms with Crippen molar-refractivity contribution in [2.24, 2.45) is 11.8 Å². The normalized spacial score (nSPS) is 21.6. The highest BCUT2D eigenvalue weighted by Crippen LogP contribution is 2.30. The van der Waals surface area contributed by atoms with Gasteiger partial charge in [-0.3, -0.25) is 4.79 Å². The van der Waals surface area contributed by atoms with E-state index in [1.165, 1.54) is 18.9 Å². The number of fused-ring (bicyclic) bond motifs is 1. The molecule has 2 aromatic carbocycles. The molecule has 1 aromatic heterocycles. The highest BCUT2D eigenvalue weighted by molar-refractivity contribution is 5.85. The minimum absolute atomic E-state index is 0.131. The largest absolute Gasteiger partial charge is 0.353 e. The lowest BCUT2D eigenvalue weighted by Crippen LogP contribution is -2.43. The first kappa shape index (κ1) is 20.6. The molecule has 3 unspecified atom stereocenters. The van der Waals surface area contributed by atoms with Crippen LogP contribution >= 0.6 is 0 Å². The second kappa shape index (κ2) is 9.03. The quantitative estimate of drug-likeness (QED) is 0.560. The zero-order valence-electron chi connectivity index (χ0n) is 17.9. The van der Waals surface area contributed by atoms with Crippen molar-refractivity contribution in [3.05, 3.63) is 71.7 Å². The van der Waals surface area contributed by atoms with Crippen LogP contribution in [0, 0.1) is 17.7 Å². The lowest BCUT2D eigenvalue weighted by atomic mass is 9.78. The molecule has 30 heavy (non-hydrogen) atoms. The monoisotopic (exact) mass is 406 g/mol. The van der Waals surface area contributed by atoms with E-state index in [2.05, 4.69) is 42.1 Å². The summed E-state index contributed by atoms with van der Waals surface area (Å²) in [4.78, 5) is 12.6. The van der Waals surface area contributed by atoms with E-state index in [0.717, 1.165) is 22.9 Å². The van der Waals surface area contributed by atoms with E-state index in [4.69, 9.17) is 0 Å². The van der Waals surface area contributed by atoms with E-state index in [9.17, 15) is 9.18 Å². The van der Waals surface area contributed by atoms with Gasteiger partial charge in [-0.1, -0.05) is 63.1 Å². The number of hydrogen-bond donors (Lipinski definition) is 1. The van der Waals surface area contributed by atoms with Crippen LogP contribution in [0.3, 0.4) is 0 Å². The first-order valence-electron chi connectivity index (χ1n) is 11.1.